The normalized spacial score (nSPS) is 25.2. The third-order valence-corrected chi connectivity index (χ3v) is 4.47. The molecule has 0 bridgehead atoms. The summed E-state index contributed by atoms with van der Waals surface area (Å²) in [5, 5.41) is 23.2. The molecule has 0 radical (unpaired) electrons. The van der Waals surface area contributed by atoms with Gasteiger partial charge >= 0.3 is 0 Å². The lowest BCUT2D eigenvalue weighted by Crippen LogP contribution is -2.31. The average Bonchev–Trinajstić information content (AvgIpc) is 2.37. The van der Waals surface area contributed by atoms with E-state index in [0.717, 1.165) is 12.5 Å². The summed E-state index contributed by atoms with van der Waals surface area (Å²) in [7, 11) is 0. The molecule has 0 heterocycles. The highest BCUT2D eigenvalue weighted by molar-refractivity contribution is 5.44. The minimum atomic E-state index is -0.0321. The van der Waals surface area contributed by atoms with Gasteiger partial charge in [0.25, 0.3) is 0 Å². The van der Waals surface area contributed by atoms with E-state index in [1.54, 1.807) is 18.2 Å². The van der Waals surface area contributed by atoms with Gasteiger partial charge in [-0.25, -0.2) is 0 Å². The minimum absolute atomic E-state index is 0.0321. The molecule has 3 heteroatoms. The van der Waals surface area contributed by atoms with Gasteiger partial charge in [0.15, 0.2) is 0 Å². The second kappa shape index (κ2) is 6.29. The minimum Gasteiger partial charge on any atom is -0.507 e. The van der Waals surface area contributed by atoms with Crippen LogP contribution in [-0.4, -0.2) is 16.8 Å². The van der Waals surface area contributed by atoms with Gasteiger partial charge in [-0.3, -0.25) is 0 Å². The van der Waals surface area contributed by atoms with E-state index in [0.29, 0.717) is 11.5 Å². The quantitative estimate of drug-likeness (QED) is 0.778. The second-order valence-electron chi connectivity index (χ2n) is 5.86. The van der Waals surface area contributed by atoms with Crippen molar-refractivity contribution >= 4 is 0 Å². The van der Waals surface area contributed by atoms with Gasteiger partial charge in [0.2, 0.25) is 0 Å². The maximum atomic E-state index is 9.85. The van der Waals surface area contributed by atoms with Gasteiger partial charge in [-0.1, -0.05) is 32.3 Å². The van der Waals surface area contributed by atoms with Gasteiger partial charge in [0.05, 0.1) is 5.56 Å². The number of nitrogens with one attached hydrogen (secondary N) is 1. The summed E-state index contributed by atoms with van der Waals surface area (Å²) in [4.78, 5) is 0. The van der Waals surface area contributed by atoms with Crippen LogP contribution in [0.2, 0.25) is 0 Å². The van der Waals surface area contributed by atoms with Crippen molar-refractivity contribution in [3.8, 4) is 11.5 Å². The van der Waals surface area contributed by atoms with Gasteiger partial charge in [-0.15, -0.1) is 0 Å². The molecule has 3 nitrogen and oxygen atoms in total. The summed E-state index contributed by atoms with van der Waals surface area (Å²) in [6, 6.07) is 4.87. The van der Waals surface area contributed by atoms with Gasteiger partial charge < -0.3 is 15.5 Å². The van der Waals surface area contributed by atoms with E-state index >= 15 is 0 Å². The third-order valence-electron chi connectivity index (χ3n) is 4.47. The molecule has 0 aliphatic heterocycles. The summed E-state index contributed by atoms with van der Waals surface area (Å²) in [6.45, 7) is 5.27. The highest BCUT2D eigenvalue weighted by Gasteiger charge is 2.22. The molecule has 1 aliphatic carbocycles. The number of hydrogen-bond donors (Lipinski definition) is 3. The van der Waals surface area contributed by atoms with Crippen LogP contribution in [-0.2, 0) is 0 Å². The largest absolute Gasteiger partial charge is 0.507 e. The molecule has 0 aromatic heterocycles. The Kier molecular flexibility index (Phi) is 4.70. The lowest BCUT2D eigenvalue weighted by atomic mass is 9.80. The number of phenols is 2. The number of benzene rings is 1. The van der Waals surface area contributed by atoms with E-state index in [-0.39, 0.29) is 17.5 Å². The van der Waals surface area contributed by atoms with Crippen molar-refractivity contribution in [2.75, 3.05) is 6.54 Å². The number of rotatable bonds is 4. The smallest absolute Gasteiger partial charge is 0.124 e. The Morgan fingerprint density at radius 1 is 1.21 bits per heavy atom. The molecule has 3 atom stereocenters. The van der Waals surface area contributed by atoms with E-state index in [1.807, 2.05) is 6.92 Å². The zero-order chi connectivity index (χ0) is 13.8. The van der Waals surface area contributed by atoms with E-state index in [4.69, 9.17) is 0 Å². The van der Waals surface area contributed by atoms with Gasteiger partial charge in [0.1, 0.15) is 11.5 Å². The van der Waals surface area contributed by atoms with Crippen molar-refractivity contribution < 1.29 is 10.2 Å². The predicted molar refractivity (Wildman–Crippen MR) is 77.3 cm³/mol. The van der Waals surface area contributed by atoms with Crippen molar-refractivity contribution in [3.63, 3.8) is 0 Å². The molecule has 3 unspecified atom stereocenters. The van der Waals surface area contributed by atoms with Crippen LogP contribution in [0.4, 0.5) is 0 Å². The molecular weight excluding hydrogens is 238 g/mol. The Morgan fingerprint density at radius 2 is 1.84 bits per heavy atom. The highest BCUT2D eigenvalue weighted by Crippen LogP contribution is 2.33. The summed E-state index contributed by atoms with van der Waals surface area (Å²) < 4.78 is 0. The SMILES string of the molecule is CC(NCC1CCCCC1C)c1c(O)cccc1O. The first kappa shape index (κ1) is 14.2. The van der Waals surface area contributed by atoms with Crippen LogP contribution in [0.5, 0.6) is 11.5 Å². The predicted octanol–water partition coefficient (Wildman–Crippen LogP) is 3.57. The zero-order valence-electron chi connectivity index (χ0n) is 11.9. The molecular formula is C16H25NO2. The van der Waals surface area contributed by atoms with Gasteiger partial charge in [-0.2, -0.15) is 0 Å². The first-order valence-corrected chi connectivity index (χ1v) is 7.33. The Morgan fingerprint density at radius 3 is 2.47 bits per heavy atom. The van der Waals surface area contributed by atoms with Crippen LogP contribution < -0.4 is 5.32 Å². The molecule has 1 fully saturated rings. The monoisotopic (exact) mass is 263 g/mol. The van der Waals surface area contributed by atoms with Crippen LogP contribution in [0.3, 0.4) is 0 Å². The zero-order valence-corrected chi connectivity index (χ0v) is 11.9. The van der Waals surface area contributed by atoms with Gasteiger partial charge in [0, 0.05) is 6.04 Å². The fraction of sp³-hybridized carbons (Fsp3) is 0.625. The first-order chi connectivity index (χ1) is 9.09. The molecule has 3 N–H and O–H groups in total. The maximum absolute atomic E-state index is 9.85. The number of aromatic hydroxyl groups is 2. The summed E-state index contributed by atoms with van der Waals surface area (Å²) in [5.74, 6) is 1.81. The Balaban J connectivity index is 1.95. The lowest BCUT2D eigenvalue weighted by molar-refractivity contribution is 0.241. The van der Waals surface area contributed by atoms with E-state index in [1.165, 1.54) is 25.7 Å². The molecule has 1 saturated carbocycles. The van der Waals surface area contributed by atoms with Crippen LogP contribution >= 0.6 is 0 Å². The molecule has 1 aromatic rings. The summed E-state index contributed by atoms with van der Waals surface area (Å²) in [5.41, 5.74) is 0.603. The molecule has 1 aromatic carbocycles. The number of hydrogen-bond acceptors (Lipinski definition) is 3. The molecule has 106 valence electrons. The topological polar surface area (TPSA) is 52.5 Å². The fourth-order valence-corrected chi connectivity index (χ4v) is 3.11. The summed E-state index contributed by atoms with van der Waals surface area (Å²) >= 11 is 0. The Labute approximate surface area is 115 Å². The van der Waals surface area contributed by atoms with E-state index < -0.39 is 0 Å². The van der Waals surface area contributed by atoms with Crippen molar-refractivity contribution in [2.24, 2.45) is 11.8 Å². The van der Waals surface area contributed by atoms with E-state index in [9.17, 15) is 10.2 Å². The molecule has 0 saturated heterocycles. The van der Waals surface area contributed by atoms with Gasteiger partial charge in [-0.05, 0) is 43.9 Å². The maximum Gasteiger partial charge on any atom is 0.124 e. The van der Waals surface area contributed by atoms with Crippen molar-refractivity contribution in [1.82, 2.24) is 5.32 Å². The van der Waals surface area contributed by atoms with Crippen LogP contribution in [0.1, 0.15) is 51.1 Å². The molecule has 19 heavy (non-hydrogen) atoms. The van der Waals surface area contributed by atoms with Crippen molar-refractivity contribution in [3.05, 3.63) is 23.8 Å². The van der Waals surface area contributed by atoms with Crippen LogP contribution in [0.25, 0.3) is 0 Å². The highest BCUT2D eigenvalue weighted by atomic mass is 16.3. The fourth-order valence-electron chi connectivity index (χ4n) is 3.11. The Hall–Kier alpha value is -1.22. The van der Waals surface area contributed by atoms with E-state index in [2.05, 4.69) is 12.2 Å². The van der Waals surface area contributed by atoms with Crippen molar-refractivity contribution in [2.45, 2.75) is 45.6 Å². The van der Waals surface area contributed by atoms with Crippen LogP contribution in [0.15, 0.2) is 18.2 Å². The van der Waals surface area contributed by atoms with Crippen molar-refractivity contribution in [1.29, 1.82) is 0 Å². The molecule has 1 aliphatic rings. The third kappa shape index (κ3) is 3.41. The lowest BCUT2D eigenvalue weighted by Gasteiger charge is -2.30. The summed E-state index contributed by atoms with van der Waals surface area (Å²) in [6.07, 6.45) is 5.29. The molecule has 2 rings (SSSR count). The molecule has 0 spiro atoms. The Bertz CT molecular complexity index is 399. The van der Waals surface area contributed by atoms with Crippen LogP contribution in [0, 0.1) is 11.8 Å². The average molecular weight is 263 g/mol. The second-order valence-corrected chi connectivity index (χ2v) is 5.86. The first-order valence-electron chi connectivity index (χ1n) is 7.33. The standard InChI is InChI=1S/C16H25NO2/c1-11-6-3-4-7-13(11)10-17-12(2)16-14(18)8-5-9-15(16)19/h5,8-9,11-13,17-19H,3-4,6-7,10H2,1-2H3. The number of phenolic OH excluding ortho intramolecular Hbond substituents is 2. The molecule has 0 amide bonds.